The largest absolute Gasteiger partial charge is 0.481 e. The standard InChI is InChI=1S/C14H19N3O2/c1-14(2,13(18)19)6-7-15-9-11-10-16-17-8-4-3-5-12(11)17/h3-5,8,10,15H,6-7,9H2,1-2H3,(H,18,19). The molecule has 0 bridgehead atoms. The quantitative estimate of drug-likeness (QED) is 0.780. The van der Waals surface area contributed by atoms with Crippen LogP contribution in [0.25, 0.3) is 5.52 Å². The Morgan fingerprint density at radius 1 is 1.47 bits per heavy atom. The predicted molar refractivity (Wildman–Crippen MR) is 72.9 cm³/mol. The van der Waals surface area contributed by atoms with Crippen LogP contribution in [0.15, 0.2) is 30.6 Å². The van der Waals surface area contributed by atoms with Crippen molar-refractivity contribution in [2.75, 3.05) is 6.54 Å². The van der Waals surface area contributed by atoms with E-state index in [9.17, 15) is 4.79 Å². The Labute approximate surface area is 112 Å². The average Bonchev–Trinajstić information content (AvgIpc) is 2.78. The Balaban J connectivity index is 1.88. The first-order valence-corrected chi connectivity index (χ1v) is 6.36. The van der Waals surface area contributed by atoms with Crippen molar-refractivity contribution in [2.45, 2.75) is 26.8 Å². The van der Waals surface area contributed by atoms with Crippen molar-refractivity contribution in [3.63, 3.8) is 0 Å². The van der Waals surface area contributed by atoms with E-state index in [4.69, 9.17) is 5.11 Å². The van der Waals surface area contributed by atoms with E-state index in [1.165, 1.54) is 0 Å². The normalized spacial score (nSPS) is 11.9. The third-order valence-electron chi connectivity index (χ3n) is 3.33. The lowest BCUT2D eigenvalue weighted by Crippen LogP contribution is -2.28. The zero-order valence-electron chi connectivity index (χ0n) is 11.3. The molecule has 2 N–H and O–H groups in total. The van der Waals surface area contributed by atoms with Crippen molar-refractivity contribution in [3.05, 3.63) is 36.2 Å². The molecule has 2 aromatic heterocycles. The number of carbonyl (C=O) groups is 1. The van der Waals surface area contributed by atoms with Gasteiger partial charge in [0.15, 0.2) is 0 Å². The van der Waals surface area contributed by atoms with Crippen LogP contribution in [0.3, 0.4) is 0 Å². The number of nitrogens with one attached hydrogen (secondary N) is 1. The molecular formula is C14H19N3O2. The molecule has 0 unspecified atom stereocenters. The first-order chi connectivity index (χ1) is 9.00. The van der Waals surface area contributed by atoms with Gasteiger partial charge in [0.25, 0.3) is 0 Å². The summed E-state index contributed by atoms with van der Waals surface area (Å²) >= 11 is 0. The molecule has 5 nitrogen and oxygen atoms in total. The highest BCUT2D eigenvalue weighted by atomic mass is 16.4. The zero-order chi connectivity index (χ0) is 13.9. The maximum Gasteiger partial charge on any atom is 0.309 e. The van der Waals surface area contributed by atoms with Gasteiger partial charge in [-0.1, -0.05) is 6.07 Å². The molecule has 102 valence electrons. The maximum atomic E-state index is 11.0. The van der Waals surface area contributed by atoms with Gasteiger partial charge in [-0.2, -0.15) is 5.10 Å². The monoisotopic (exact) mass is 261 g/mol. The van der Waals surface area contributed by atoms with Crippen molar-refractivity contribution >= 4 is 11.5 Å². The molecule has 2 aromatic rings. The van der Waals surface area contributed by atoms with E-state index in [0.717, 1.165) is 11.1 Å². The lowest BCUT2D eigenvalue weighted by Gasteiger charge is -2.18. The summed E-state index contributed by atoms with van der Waals surface area (Å²) in [7, 11) is 0. The maximum absolute atomic E-state index is 11.0. The van der Waals surface area contributed by atoms with E-state index in [-0.39, 0.29) is 0 Å². The first-order valence-electron chi connectivity index (χ1n) is 6.36. The number of carboxylic acids is 1. The predicted octanol–water partition coefficient (Wildman–Crippen LogP) is 1.92. The number of nitrogens with zero attached hydrogens (tertiary/aromatic N) is 2. The second kappa shape index (κ2) is 5.40. The van der Waals surface area contributed by atoms with Gasteiger partial charge in [0.05, 0.1) is 17.1 Å². The molecule has 0 aromatic carbocycles. The van der Waals surface area contributed by atoms with Gasteiger partial charge in [0.1, 0.15) is 0 Å². The topological polar surface area (TPSA) is 66.6 Å². The van der Waals surface area contributed by atoms with Crippen LogP contribution >= 0.6 is 0 Å². The number of carboxylic acid groups (broad SMARTS) is 1. The summed E-state index contributed by atoms with van der Waals surface area (Å²) in [5, 5.41) is 16.6. The number of pyridine rings is 1. The van der Waals surface area contributed by atoms with Gasteiger partial charge in [-0.15, -0.1) is 0 Å². The fourth-order valence-corrected chi connectivity index (χ4v) is 1.85. The number of hydrogen-bond acceptors (Lipinski definition) is 3. The van der Waals surface area contributed by atoms with Crippen molar-refractivity contribution in [2.24, 2.45) is 5.41 Å². The lowest BCUT2D eigenvalue weighted by molar-refractivity contribution is -0.147. The Morgan fingerprint density at radius 3 is 3.00 bits per heavy atom. The van der Waals surface area contributed by atoms with Gasteiger partial charge in [-0.05, 0) is 38.9 Å². The van der Waals surface area contributed by atoms with Crippen LogP contribution in [0.4, 0.5) is 0 Å². The van der Waals surface area contributed by atoms with Crippen LogP contribution in [-0.2, 0) is 11.3 Å². The molecular weight excluding hydrogens is 242 g/mol. The minimum absolute atomic E-state index is 0.599. The van der Waals surface area contributed by atoms with Gasteiger partial charge >= 0.3 is 5.97 Å². The highest BCUT2D eigenvalue weighted by molar-refractivity contribution is 5.73. The Bertz CT molecular complexity index is 575. The van der Waals surface area contributed by atoms with Gasteiger partial charge in [0.2, 0.25) is 0 Å². The summed E-state index contributed by atoms with van der Waals surface area (Å²) in [6.07, 6.45) is 4.35. The van der Waals surface area contributed by atoms with E-state index in [1.807, 2.05) is 35.1 Å². The molecule has 0 saturated heterocycles. The molecule has 0 spiro atoms. The smallest absolute Gasteiger partial charge is 0.309 e. The highest BCUT2D eigenvalue weighted by Crippen LogP contribution is 2.19. The second-order valence-corrected chi connectivity index (χ2v) is 5.32. The minimum Gasteiger partial charge on any atom is -0.481 e. The molecule has 2 heterocycles. The summed E-state index contributed by atoms with van der Waals surface area (Å²) in [5.41, 5.74) is 1.51. The lowest BCUT2D eigenvalue weighted by atomic mass is 9.90. The van der Waals surface area contributed by atoms with Gasteiger partial charge in [-0.25, -0.2) is 4.52 Å². The van der Waals surface area contributed by atoms with Crippen LogP contribution in [0.2, 0.25) is 0 Å². The number of fused-ring (bicyclic) bond motifs is 1. The van der Waals surface area contributed by atoms with Crippen LogP contribution in [0.1, 0.15) is 25.8 Å². The van der Waals surface area contributed by atoms with Crippen LogP contribution in [0, 0.1) is 5.41 Å². The number of aromatic nitrogens is 2. The average molecular weight is 261 g/mol. The summed E-state index contributed by atoms with van der Waals surface area (Å²) in [5.74, 6) is -0.759. The number of aliphatic carboxylic acids is 1. The highest BCUT2D eigenvalue weighted by Gasteiger charge is 2.26. The molecule has 0 aliphatic heterocycles. The summed E-state index contributed by atoms with van der Waals surface area (Å²) < 4.78 is 1.83. The third-order valence-corrected chi connectivity index (χ3v) is 3.33. The Kier molecular flexibility index (Phi) is 3.85. The molecule has 0 fully saturated rings. The minimum atomic E-state index is -0.759. The van der Waals surface area contributed by atoms with Crippen LogP contribution in [-0.4, -0.2) is 27.2 Å². The molecule has 0 radical (unpaired) electrons. The number of rotatable bonds is 6. The molecule has 0 aliphatic carbocycles. The van der Waals surface area contributed by atoms with E-state index >= 15 is 0 Å². The summed E-state index contributed by atoms with van der Waals surface area (Å²) in [6, 6.07) is 5.94. The van der Waals surface area contributed by atoms with Crippen LogP contribution < -0.4 is 5.32 Å². The van der Waals surface area contributed by atoms with Gasteiger partial charge < -0.3 is 10.4 Å². The zero-order valence-corrected chi connectivity index (χ0v) is 11.3. The van der Waals surface area contributed by atoms with Gasteiger partial charge in [-0.3, -0.25) is 4.79 Å². The molecule has 0 saturated carbocycles. The molecule has 0 atom stereocenters. The first kappa shape index (κ1) is 13.5. The van der Waals surface area contributed by atoms with E-state index in [0.29, 0.717) is 19.5 Å². The Morgan fingerprint density at radius 2 is 2.26 bits per heavy atom. The number of hydrogen-bond donors (Lipinski definition) is 2. The third kappa shape index (κ3) is 3.12. The van der Waals surface area contributed by atoms with Crippen LogP contribution in [0.5, 0.6) is 0 Å². The van der Waals surface area contributed by atoms with E-state index < -0.39 is 11.4 Å². The van der Waals surface area contributed by atoms with Crippen molar-refractivity contribution in [1.82, 2.24) is 14.9 Å². The summed E-state index contributed by atoms with van der Waals surface area (Å²) in [6.45, 7) is 4.85. The molecule has 5 heteroatoms. The second-order valence-electron chi connectivity index (χ2n) is 5.32. The molecule has 19 heavy (non-hydrogen) atoms. The van der Waals surface area contributed by atoms with Crippen molar-refractivity contribution < 1.29 is 9.90 Å². The summed E-state index contributed by atoms with van der Waals surface area (Å²) in [4.78, 5) is 11.0. The SMILES string of the molecule is CC(C)(CCNCc1cnn2ccccc12)C(=O)O. The van der Waals surface area contributed by atoms with E-state index in [2.05, 4.69) is 10.4 Å². The molecule has 2 rings (SSSR count). The van der Waals surface area contributed by atoms with Crippen molar-refractivity contribution in [1.29, 1.82) is 0 Å². The van der Waals surface area contributed by atoms with E-state index in [1.54, 1.807) is 13.8 Å². The fraction of sp³-hybridized carbons (Fsp3) is 0.429. The molecule has 0 amide bonds. The Hall–Kier alpha value is -1.88. The van der Waals surface area contributed by atoms with Gasteiger partial charge in [0, 0.05) is 18.3 Å². The van der Waals surface area contributed by atoms with Crippen molar-refractivity contribution in [3.8, 4) is 0 Å². The fourth-order valence-electron chi connectivity index (χ4n) is 1.85. The molecule has 0 aliphatic rings.